The van der Waals surface area contributed by atoms with Crippen molar-refractivity contribution in [3.8, 4) is 0 Å². The number of nitrogens with two attached hydrogens (primary N) is 1. The van der Waals surface area contributed by atoms with E-state index in [1.807, 2.05) is 4.90 Å². The summed E-state index contributed by atoms with van der Waals surface area (Å²) < 4.78 is 27.7. The number of esters is 1. The van der Waals surface area contributed by atoms with Crippen LogP contribution in [0.15, 0.2) is 47.4 Å². The van der Waals surface area contributed by atoms with Gasteiger partial charge in [-0.3, -0.25) is 19.7 Å². The molecule has 0 aliphatic carbocycles. The van der Waals surface area contributed by atoms with Crippen molar-refractivity contribution in [2.45, 2.75) is 11.3 Å². The molecule has 2 aromatic rings. The lowest BCUT2D eigenvalue weighted by Gasteiger charge is -2.25. The summed E-state index contributed by atoms with van der Waals surface area (Å²) in [6, 6.07) is 9.61. The molecular formula is C21H24Br2N4O7S. The number of hydrogen-bond donors (Lipinski definition) is 2. The Kier molecular flexibility index (Phi) is 11.1. The third-order valence-electron chi connectivity index (χ3n) is 4.74. The molecule has 0 aliphatic heterocycles. The average molecular weight is 636 g/mol. The molecule has 0 radical (unpaired) electrons. The summed E-state index contributed by atoms with van der Waals surface area (Å²) in [6.45, 7) is 1.05. The van der Waals surface area contributed by atoms with Crippen LogP contribution in [0, 0.1) is 10.1 Å². The Bertz CT molecular complexity index is 1150. The van der Waals surface area contributed by atoms with Crippen molar-refractivity contribution in [1.29, 1.82) is 0 Å². The van der Waals surface area contributed by atoms with E-state index in [-0.39, 0.29) is 35.7 Å². The summed E-state index contributed by atoms with van der Waals surface area (Å²) in [6.07, 6.45) is -0.0953. The number of nitrogens with one attached hydrogen (secondary N) is 1. The van der Waals surface area contributed by atoms with Crippen molar-refractivity contribution in [2.75, 3.05) is 41.8 Å². The highest BCUT2D eigenvalue weighted by Crippen LogP contribution is 2.26. The van der Waals surface area contributed by atoms with Gasteiger partial charge in [-0.25, -0.2) is 13.6 Å². The summed E-state index contributed by atoms with van der Waals surface area (Å²) in [5.41, 5.74) is 1.01. The van der Waals surface area contributed by atoms with Gasteiger partial charge in [0.15, 0.2) is 0 Å². The van der Waals surface area contributed by atoms with Crippen LogP contribution in [-0.4, -0.2) is 62.1 Å². The zero-order valence-corrected chi connectivity index (χ0v) is 22.5. The van der Waals surface area contributed by atoms with Gasteiger partial charge in [0.1, 0.15) is 6.61 Å². The number of alkyl halides is 2. The Morgan fingerprint density at radius 3 is 2.26 bits per heavy atom. The third kappa shape index (κ3) is 8.87. The lowest BCUT2D eigenvalue weighted by molar-refractivity contribution is -0.384. The number of benzene rings is 2. The topological polar surface area (TPSA) is 162 Å². The number of carbonyl (C=O) groups excluding carboxylic acids is 2. The Labute approximate surface area is 219 Å². The van der Waals surface area contributed by atoms with E-state index < -0.39 is 26.8 Å². The van der Waals surface area contributed by atoms with Crippen molar-refractivity contribution >= 4 is 65.1 Å². The predicted molar refractivity (Wildman–Crippen MR) is 138 cm³/mol. The maximum absolute atomic E-state index is 12.8. The molecular weight excluding hydrogens is 612 g/mol. The number of hydrogen-bond acceptors (Lipinski definition) is 8. The first kappa shape index (κ1) is 28.7. The van der Waals surface area contributed by atoms with Crippen molar-refractivity contribution < 1.29 is 27.7 Å². The van der Waals surface area contributed by atoms with Gasteiger partial charge in [0.05, 0.1) is 34.0 Å². The fourth-order valence-corrected chi connectivity index (χ4v) is 4.46. The normalized spacial score (nSPS) is 11.1. The number of nitro benzene ring substituents is 1. The lowest BCUT2D eigenvalue weighted by atomic mass is 10.1. The Hall–Kier alpha value is -2.55. The molecule has 0 bridgehead atoms. The first-order valence-electron chi connectivity index (χ1n) is 10.3. The van der Waals surface area contributed by atoms with E-state index >= 15 is 0 Å². The number of amides is 1. The van der Waals surface area contributed by atoms with E-state index in [0.717, 1.165) is 0 Å². The number of halogens is 2. The number of ether oxygens (including phenoxy) is 1. The number of nitrogens with zero attached hydrogens (tertiary/aromatic N) is 2. The Morgan fingerprint density at radius 2 is 1.71 bits per heavy atom. The molecule has 0 aliphatic rings. The number of carbonyl (C=O) groups is 2. The number of primary sulfonamides is 1. The lowest BCUT2D eigenvalue weighted by Crippen LogP contribution is -2.33. The molecule has 190 valence electrons. The number of non-ortho nitro benzene ring substituents is 1. The van der Waals surface area contributed by atoms with Crippen molar-refractivity contribution in [3.05, 3.63) is 63.7 Å². The summed E-state index contributed by atoms with van der Waals surface area (Å²) in [5.74, 6) is -1.10. The summed E-state index contributed by atoms with van der Waals surface area (Å²) in [5, 5.41) is 20.1. The standard InChI is InChI=1S/C21H24Br2N4O7S/c22-7-10-26(11-8-23)19-6-3-16(27(30)31)14-18(19)21(29)25-9-12-34-20(28)13-15-1-4-17(5-2-15)35(24,32)33/h1-6,14H,7-13H2,(H,25,29)(H2,24,32,33). The molecule has 2 rings (SSSR count). The van der Waals surface area contributed by atoms with Gasteiger partial charge in [0, 0.05) is 35.9 Å². The molecule has 0 saturated heterocycles. The van der Waals surface area contributed by atoms with Gasteiger partial charge in [-0.05, 0) is 23.8 Å². The molecule has 3 N–H and O–H groups in total. The van der Waals surface area contributed by atoms with E-state index in [2.05, 4.69) is 37.2 Å². The molecule has 0 spiro atoms. The minimum atomic E-state index is -3.82. The second kappa shape index (κ2) is 13.5. The summed E-state index contributed by atoms with van der Waals surface area (Å²) >= 11 is 6.74. The zero-order valence-electron chi connectivity index (χ0n) is 18.5. The van der Waals surface area contributed by atoms with Crippen LogP contribution >= 0.6 is 31.9 Å². The van der Waals surface area contributed by atoms with Crippen LogP contribution in [0.25, 0.3) is 0 Å². The highest BCUT2D eigenvalue weighted by Gasteiger charge is 2.20. The molecule has 0 aromatic heterocycles. The number of nitro groups is 1. The second-order valence-corrected chi connectivity index (χ2v) is 10.3. The monoisotopic (exact) mass is 634 g/mol. The number of sulfonamides is 1. The van der Waals surface area contributed by atoms with E-state index in [9.17, 15) is 28.1 Å². The molecule has 0 saturated carbocycles. The van der Waals surface area contributed by atoms with E-state index in [1.165, 1.54) is 36.4 Å². The molecule has 0 fully saturated rings. The molecule has 0 heterocycles. The molecule has 2 aromatic carbocycles. The Balaban J connectivity index is 1.98. The first-order valence-corrected chi connectivity index (χ1v) is 14.1. The molecule has 35 heavy (non-hydrogen) atoms. The summed E-state index contributed by atoms with van der Waals surface area (Å²) in [4.78, 5) is 37.4. The van der Waals surface area contributed by atoms with Crippen LogP contribution in [-0.2, 0) is 26.0 Å². The molecule has 0 unspecified atom stereocenters. The van der Waals surface area contributed by atoms with Crippen molar-refractivity contribution in [1.82, 2.24) is 5.32 Å². The highest BCUT2D eigenvalue weighted by molar-refractivity contribution is 9.09. The first-order chi connectivity index (χ1) is 16.6. The van der Waals surface area contributed by atoms with Crippen LogP contribution < -0.4 is 15.4 Å². The Morgan fingerprint density at radius 1 is 1.09 bits per heavy atom. The van der Waals surface area contributed by atoms with E-state index in [0.29, 0.717) is 35.0 Å². The maximum Gasteiger partial charge on any atom is 0.310 e. The van der Waals surface area contributed by atoms with Crippen molar-refractivity contribution in [3.63, 3.8) is 0 Å². The molecule has 1 amide bonds. The predicted octanol–water partition coefficient (Wildman–Crippen LogP) is 2.35. The number of rotatable bonds is 13. The van der Waals surface area contributed by atoms with E-state index in [4.69, 9.17) is 9.88 Å². The molecule has 14 heteroatoms. The van der Waals surface area contributed by atoms with Gasteiger partial charge in [0.25, 0.3) is 11.6 Å². The second-order valence-electron chi connectivity index (χ2n) is 7.17. The summed E-state index contributed by atoms with van der Waals surface area (Å²) in [7, 11) is -3.82. The van der Waals surface area contributed by atoms with Gasteiger partial charge < -0.3 is 15.0 Å². The minimum Gasteiger partial charge on any atom is -0.464 e. The van der Waals surface area contributed by atoms with Gasteiger partial charge in [-0.2, -0.15) is 0 Å². The van der Waals surface area contributed by atoms with Crippen molar-refractivity contribution in [2.24, 2.45) is 5.14 Å². The van der Waals surface area contributed by atoms with Gasteiger partial charge in [0.2, 0.25) is 10.0 Å². The smallest absolute Gasteiger partial charge is 0.310 e. The third-order valence-corrected chi connectivity index (χ3v) is 6.37. The average Bonchev–Trinajstić information content (AvgIpc) is 2.81. The SMILES string of the molecule is NS(=O)(=O)c1ccc(CC(=O)OCCNC(=O)c2cc([N+](=O)[O-])ccc2N(CCBr)CCBr)cc1. The van der Waals surface area contributed by atoms with Crippen LogP contribution in [0.2, 0.25) is 0 Å². The fraction of sp³-hybridized carbons (Fsp3) is 0.333. The number of anilines is 1. The van der Waals surface area contributed by atoms with Gasteiger partial charge >= 0.3 is 5.97 Å². The minimum absolute atomic E-state index is 0.00600. The largest absolute Gasteiger partial charge is 0.464 e. The quantitative estimate of drug-likeness (QED) is 0.111. The van der Waals surface area contributed by atoms with Crippen LogP contribution in [0.3, 0.4) is 0 Å². The zero-order chi connectivity index (χ0) is 26.0. The van der Waals surface area contributed by atoms with Crippen LogP contribution in [0.1, 0.15) is 15.9 Å². The maximum atomic E-state index is 12.8. The fourth-order valence-electron chi connectivity index (χ4n) is 3.09. The highest BCUT2D eigenvalue weighted by atomic mass is 79.9. The van der Waals surface area contributed by atoms with Crippen LogP contribution in [0.4, 0.5) is 11.4 Å². The van der Waals surface area contributed by atoms with E-state index in [1.54, 1.807) is 6.07 Å². The van der Waals surface area contributed by atoms with Gasteiger partial charge in [-0.1, -0.05) is 44.0 Å². The molecule has 11 nitrogen and oxygen atoms in total. The van der Waals surface area contributed by atoms with Crippen LogP contribution in [0.5, 0.6) is 0 Å². The molecule has 0 atom stereocenters. The van der Waals surface area contributed by atoms with Gasteiger partial charge in [-0.15, -0.1) is 0 Å².